The number of aliphatic hydroxyl groups is 1. The quantitative estimate of drug-likeness (QED) is 0.149. The highest BCUT2D eigenvalue weighted by molar-refractivity contribution is 7.51. The van der Waals surface area contributed by atoms with Crippen LogP contribution in [0.5, 0.6) is 0 Å². The van der Waals surface area contributed by atoms with Gasteiger partial charge in [-0.1, -0.05) is 18.2 Å². The molecule has 1 heterocycles. The largest absolute Gasteiger partial charge is 0.394 e. The molecule has 3 unspecified atom stereocenters. The molecule has 1 saturated heterocycles. The van der Waals surface area contributed by atoms with Crippen LogP contribution in [0.4, 0.5) is 22.7 Å². The van der Waals surface area contributed by atoms with Gasteiger partial charge in [-0.15, -0.1) is 5.11 Å². The van der Waals surface area contributed by atoms with Crippen LogP contribution in [-0.2, 0) is 9.09 Å². The Kier molecular flexibility index (Phi) is 9.80. The van der Waals surface area contributed by atoms with Crippen molar-refractivity contribution in [2.24, 2.45) is 10.2 Å². The van der Waals surface area contributed by atoms with E-state index < -0.39 is 18.6 Å². The van der Waals surface area contributed by atoms with E-state index in [2.05, 4.69) is 21.7 Å². The first-order valence-electron chi connectivity index (χ1n) is 11.7. The molecule has 13 heteroatoms. The summed E-state index contributed by atoms with van der Waals surface area (Å²) in [6.07, 6.45) is 1.60. The summed E-state index contributed by atoms with van der Waals surface area (Å²) < 4.78 is 16.8. The molecular formula is C24H31ClN5O6P. The normalized spacial score (nSPS) is 19.2. The number of nitro benzene ring substituents is 1. The first kappa shape index (κ1) is 28.7. The second-order valence-corrected chi connectivity index (χ2v) is 11.2. The number of non-ortho nitro benzene ring substituents is 1. The van der Waals surface area contributed by atoms with Crippen molar-refractivity contribution in [3.05, 3.63) is 69.9 Å². The zero-order valence-electron chi connectivity index (χ0n) is 20.7. The lowest BCUT2D eigenvalue weighted by atomic mass is 10.2. The van der Waals surface area contributed by atoms with Gasteiger partial charge in [0.25, 0.3) is 5.69 Å². The minimum atomic E-state index is -3.59. The fourth-order valence-corrected chi connectivity index (χ4v) is 5.07. The van der Waals surface area contributed by atoms with Crippen LogP contribution in [0.3, 0.4) is 0 Å². The average Bonchev–Trinajstić information content (AvgIpc) is 3.24. The molecule has 0 radical (unpaired) electrons. The lowest BCUT2D eigenvalue weighted by Crippen LogP contribution is -2.31. The standard InChI is InChI=1S/C24H31ClN5O6P/c1-17(29-15-22(13-21(29)16-31)36-37(3,34)35)5-4-12-28(2)19-8-6-18(7-9-19)26-27-24-11-10-20(30(32)33)14-23(24)25/h6-11,14,21-22,31H,1,4-5,12-13,15-16H2,2-3H3,(H,34,35). The zero-order valence-corrected chi connectivity index (χ0v) is 22.4. The highest BCUT2D eigenvalue weighted by Gasteiger charge is 2.35. The van der Waals surface area contributed by atoms with E-state index in [1.54, 1.807) is 0 Å². The minimum absolute atomic E-state index is 0.0711. The van der Waals surface area contributed by atoms with E-state index >= 15 is 0 Å². The molecule has 11 nitrogen and oxygen atoms in total. The van der Waals surface area contributed by atoms with Crippen LogP contribution in [0.15, 0.2) is 65.0 Å². The van der Waals surface area contributed by atoms with Crippen LogP contribution in [0.2, 0.25) is 5.02 Å². The van der Waals surface area contributed by atoms with E-state index in [0.717, 1.165) is 31.0 Å². The summed E-state index contributed by atoms with van der Waals surface area (Å²) in [5.74, 6) is 0. The van der Waals surface area contributed by atoms with Crippen molar-refractivity contribution in [1.82, 2.24) is 4.90 Å². The second kappa shape index (κ2) is 12.6. The zero-order chi connectivity index (χ0) is 27.2. The van der Waals surface area contributed by atoms with Crippen LogP contribution in [0, 0.1) is 10.1 Å². The molecule has 37 heavy (non-hydrogen) atoms. The Bertz CT molecular complexity index is 1190. The number of nitro groups is 1. The number of benzene rings is 2. The van der Waals surface area contributed by atoms with Crippen LogP contribution in [-0.4, -0.2) is 65.4 Å². The van der Waals surface area contributed by atoms with Gasteiger partial charge >= 0.3 is 7.60 Å². The van der Waals surface area contributed by atoms with Gasteiger partial charge in [-0.2, -0.15) is 5.11 Å². The number of likely N-dealkylation sites (tertiary alicyclic amines) is 1. The molecule has 3 rings (SSSR count). The van der Waals surface area contributed by atoms with Gasteiger partial charge in [0, 0.05) is 50.3 Å². The first-order chi connectivity index (χ1) is 17.5. The topological polar surface area (TPSA) is 141 Å². The Morgan fingerprint density at radius 2 is 2.03 bits per heavy atom. The molecule has 0 bridgehead atoms. The fourth-order valence-electron chi connectivity index (χ4n) is 4.16. The van der Waals surface area contributed by atoms with Crippen LogP contribution in [0.1, 0.15) is 19.3 Å². The van der Waals surface area contributed by atoms with E-state index in [4.69, 9.17) is 16.1 Å². The van der Waals surface area contributed by atoms with E-state index in [9.17, 15) is 24.7 Å². The molecule has 0 aromatic heterocycles. The van der Waals surface area contributed by atoms with E-state index in [-0.39, 0.29) is 23.4 Å². The number of anilines is 1. The molecule has 2 aromatic carbocycles. The maximum atomic E-state index is 11.6. The molecule has 1 fully saturated rings. The first-order valence-corrected chi connectivity index (χ1v) is 14.1. The van der Waals surface area contributed by atoms with Gasteiger partial charge in [-0.3, -0.25) is 14.7 Å². The van der Waals surface area contributed by atoms with Crippen molar-refractivity contribution in [2.75, 3.05) is 38.3 Å². The monoisotopic (exact) mass is 551 g/mol. The van der Waals surface area contributed by atoms with Gasteiger partial charge in [0.2, 0.25) is 0 Å². The van der Waals surface area contributed by atoms with Gasteiger partial charge in [0.05, 0.1) is 34.4 Å². The van der Waals surface area contributed by atoms with Crippen LogP contribution in [0.25, 0.3) is 0 Å². The summed E-state index contributed by atoms with van der Waals surface area (Å²) in [6.45, 7) is 6.44. The van der Waals surface area contributed by atoms with Gasteiger partial charge in [-0.05, 0) is 49.6 Å². The number of nitrogens with zero attached hydrogens (tertiary/aromatic N) is 5. The molecule has 2 aromatic rings. The number of azo groups is 1. The maximum Gasteiger partial charge on any atom is 0.325 e. The summed E-state index contributed by atoms with van der Waals surface area (Å²) >= 11 is 6.05. The van der Waals surface area contributed by atoms with Gasteiger partial charge in [-0.25, -0.2) is 0 Å². The number of halogens is 1. The van der Waals surface area contributed by atoms with Crippen molar-refractivity contribution in [3.63, 3.8) is 0 Å². The fraction of sp³-hybridized carbons (Fsp3) is 0.417. The molecule has 3 atom stereocenters. The lowest BCUT2D eigenvalue weighted by Gasteiger charge is -2.28. The number of hydrogen-bond acceptors (Lipinski definition) is 9. The molecule has 2 N–H and O–H groups in total. The maximum absolute atomic E-state index is 11.6. The van der Waals surface area contributed by atoms with Gasteiger partial charge in [0.15, 0.2) is 0 Å². The molecular weight excluding hydrogens is 521 g/mol. The number of rotatable bonds is 12. The summed E-state index contributed by atoms with van der Waals surface area (Å²) in [5.41, 5.74) is 2.69. The summed E-state index contributed by atoms with van der Waals surface area (Å²) in [5, 5.41) is 28.9. The Morgan fingerprint density at radius 3 is 2.62 bits per heavy atom. The van der Waals surface area contributed by atoms with Crippen molar-refractivity contribution < 1.29 is 24.0 Å². The molecule has 0 amide bonds. The summed E-state index contributed by atoms with van der Waals surface area (Å²) in [4.78, 5) is 23.9. The van der Waals surface area contributed by atoms with Crippen LogP contribution >= 0.6 is 19.2 Å². The van der Waals surface area contributed by atoms with E-state index in [1.807, 2.05) is 36.2 Å². The van der Waals surface area contributed by atoms with Crippen molar-refractivity contribution >= 4 is 41.9 Å². The minimum Gasteiger partial charge on any atom is -0.394 e. The Hall–Kier alpha value is -2.82. The number of aliphatic hydroxyl groups excluding tert-OH is 1. The van der Waals surface area contributed by atoms with E-state index in [0.29, 0.717) is 30.8 Å². The number of allylic oxidation sites excluding steroid dienone is 1. The second-order valence-electron chi connectivity index (χ2n) is 8.96. The highest BCUT2D eigenvalue weighted by atomic mass is 35.5. The third kappa shape index (κ3) is 8.34. The van der Waals surface area contributed by atoms with Crippen molar-refractivity contribution in [2.45, 2.75) is 31.4 Å². The average molecular weight is 552 g/mol. The molecule has 0 spiro atoms. The lowest BCUT2D eigenvalue weighted by molar-refractivity contribution is -0.384. The van der Waals surface area contributed by atoms with Gasteiger partial charge in [0.1, 0.15) is 5.69 Å². The Labute approximate surface area is 220 Å². The van der Waals surface area contributed by atoms with Crippen molar-refractivity contribution in [3.8, 4) is 0 Å². The predicted molar refractivity (Wildman–Crippen MR) is 143 cm³/mol. The highest BCUT2D eigenvalue weighted by Crippen LogP contribution is 2.41. The smallest absolute Gasteiger partial charge is 0.325 e. The number of hydrogen-bond donors (Lipinski definition) is 2. The van der Waals surface area contributed by atoms with Crippen molar-refractivity contribution in [1.29, 1.82) is 0 Å². The predicted octanol–water partition coefficient (Wildman–Crippen LogP) is 5.66. The third-order valence-electron chi connectivity index (χ3n) is 6.00. The van der Waals surface area contributed by atoms with Gasteiger partial charge < -0.3 is 24.3 Å². The molecule has 1 aliphatic heterocycles. The molecule has 0 saturated carbocycles. The Balaban J connectivity index is 1.50. The molecule has 0 aliphatic carbocycles. The Morgan fingerprint density at radius 1 is 1.32 bits per heavy atom. The molecule has 200 valence electrons. The van der Waals surface area contributed by atoms with Crippen LogP contribution < -0.4 is 4.90 Å². The molecule has 1 aliphatic rings. The summed E-state index contributed by atoms with van der Waals surface area (Å²) in [6, 6.07) is 11.3. The van der Waals surface area contributed by atoms with E-state index in [1.165, 1.54) is 18.2 Å². The SMILES string of the molecule is C=C(CCCN(C)c1ccc(N=Nc2ccc([N+](=O)[O-])cc2Cl)cc1)N1CC(OP(C)(=O)O)CC1CO. The third-order valence-corrected chi connectivity index (χ3v) is 6.99. The summed E-state index contributed by atoms with van der Waals surface area (Å²) in [7, 11) is -1.62.